The first kappa shape index (κ1) is 16.8. The fraction of sp³-hybridized carbons (Fsp3) is 0.478. The third-order valence-electron chi connectivity index (χ3n) is 6.42. The zero-order chi connectivity index (χ0) is 17.2. The molecule has 2 fully saturated rings. The summed E-state index contributed by atoms with van der Waals surface area (Å²) in [7, 11) is 0. The van der Waals surface area contributed by atoms with Gasteiger partial charge in [-0.05, 0) is 30.9 Å². The second-order valence-electron chi connectivity index (χ2n) is 8.18. The highest BCUT2D eigenvalue weighted by Crippen LogP contribution is 2.39. The van der Waals surface area contributed by atoms with Crippen molar-refractivity contribution in [3.05, 3.63) is 71.8 Å². The molecule has 0 bridgehead atoms. The number of piperazine rings is 1. The van der Waals surface area contributed by atoms with E-state index >= 15 is 0 Å². The van der Waals surface area contributed by atoms with E-state index in [2.05, 4.69) is 77.8 Å². The van der Waals surface area contributed by atoms with Crippen molar-refractivity contribution in [1.29, 1.82) is 0 Å². The summed E-state index contributed by atoms with van der Waals surface area (Å²) in [4.78, 5) is 2.74. The third kappa shape index (κ3) is 3.38. The molecule has 2 heteroatoms. The molecule has 1 saturated carbocycles. The first-order valence-corrected chi connectivity index (χ1v) is 9.80. The lowest BCUT2D eigenvalue weighted by Gasteiger charge is -2.55. The highest BCUT2D eigenvalue weighted by Gasteiger charge is 2.45. The standard InChI is InChI=1S/C23H30N2/c1-22(21-13-7-3-8-14-21)18-24-23(15-9-4-10-16-23)19-25(22)17-20-11-5-2-6-12-20/h2-3,5-8,11-14,24H,4,9-10,15-19H2,1H3. The van der Waals surface area contributed by atoms with Crippen molar-refractivity contribution >= 4 is 0 Å². The van der Waals surface area contributed by atoms with Gasteiger partial charge in [0, 0.05) is 25.2 Å². The molecule has 4 rings (SSSR count). The van der Waals surface area contributed by atoms with Crippen LogP contribution >= 0.6 is 0 Å². The third-order valence-corrected chi connectivity index (χ3v) is 6.42. The molecule has 0 radical (unpaired) electrons. The van der Waals surface area contributed by atoms with Crippen LogP contribution in [0.2, 0.25) is 0 Å². The van der Waals surface area contributed by atoms with Crippen LogP contribution in [0.1, 0.15) is 50.2 Å². The number of benzene rings is 2. The van der Waals surface area contributed by atoms with Gasteiger partial charge < -0.3 is 5.32 Å². The summed E-state index contributed by atoms with van der Waals surface area (Å²) in [5.41, 5.74) is 3.20. The van der Waals surface area contributed by atoms with Crippen LogP contribution in [-0.2, 0) is 12.1 Å². The van der Waals surface area contributed by atoms with Crippen molar-refractivity contribution < 1.29 is 0 Å². The summed E-state index contributed by atoms with van der Waals surface area (Å²) < 4.78 is 0. The van der Waals surface area contributed by atoms with Gasteiger partial charge in [0.2, 0.25) is 0 Å². The number of nitrogens with one attached hydrogen (secondary N) is 1. The number of rotatable bonds is 3. The lowest BCUT2D eigenvalue weighted by molar-refractivity contribution is -0.00826. The Morgan fingerprint density at radius 1 is 0.880 bits per heavy atom. The van der Waals surface area contributed by atoms with Crippen LogP contribution in [0.4, 0.5) is 0 Å². The highest BCUT2D eigenvalue weighted by molar-refractivity contribution is 5.27. The number of hydrogen-bond donors (Lipinski definition) is 1. The smallest absolute Gasteiger partial charge is 0.0561 e. The van der Waals surface area contributed by atoms with E-state index in [1.165, 1.54) is 43.2 Å². The molecule has 1 saturated heterocycles. The van der Waals surface area contributed by atoms with Crippen molar-refractivity contribution in [1.82, 2.24) is 10.2 Å². The summed E-state index contributed by atoms with van der Waals surface area (Å²) in [5, 5.41) is 4.00. The van der Waals surface area contributed by atoms with Crippen molar-refractivity contribution in [3.63, 3.8) is 0 Å². The first-order valence-electron chi connectivity index (χ1n) is 9.80. The molecular formula is C23H30N2. The molecule has 1 unspecified atom stereocenters. The topological polar surface area (TPSA) is 15.3 Å². The summed E-state index contributed by atoms with van der Waals surface area (Å²) in [6.07, 6.45) is 6.78. The lowest BCUT2D eigenvalue weighted by Crippen LogP contribution is -2.67. The molecule has 1 spiro atoms. The molecule has 1 heterocycles. The van der Waals surface area contributed by atoms with Gasteiger partial charge in [-0.3, -0.25) is 4.90 Å². The van der Waals surface area contributed by atoms with Gasteiger partial charge in [0.25, 0.3) is 0 Å². The Morgan fingerprint density at radius 2 is 1.52 bits per heavy atom. The largest absolute Gasteiger partial charge is 0.308 e. The van der Waals surface area contributed by atoms with Crippen LogP contribution in [0.5, 0.6) is 0 Å². The van der Waals surface area contributed by atoms with Gasteiger partial charge in [0.15, 0.2) is 0 Å². The SMILES string of the molecule is CC1(c2ccccc2)CNC2(CCCCC2)CN1Cc1ccccc1. The van der Waals surface area contributed by atoms with E-state index in [9.17, 15) is 0 Å². The van der Waals surface area contributed by atoms with Gasteiger partial charge in [-0.2, -0.15) is 0 Å². The van der Waals surface area contributed by atoms with Crippen LogP contribution < -0.4 is 5.32 Å². The van der Waals surface area contributed by atoms with E-state index in [-0.39, 0.29) is 5.54 Å². The van der Waals surface area contributed by atoms with E-state index in [1.54, 1.807) is 0 Å². The Hall–Kier alpha value is -1.64. The highest BCUT2D eigenvalue weighted by atomic mass is 15.3. The summed E-state index contributed by atoms with van der Waals surface area (Å²) in [6.45, 7) is 5.61. The summed E-state index contributed by atoms with van der Waals surface area (Å²) in [6, 6.07) is 22.0. The minimum Gasteiger partial charge on any atom is -0.308 e. The van der Waals surface area contributed by atoms with Crippen LogP contribution in [0.15, 0.2) is 60.7 Å². The molecule has 1 aliphatic carbocycles. The zero-order valence-corrected chi connectivity index (χ0v) is 15.4. The number of hydrogen-bond acceptors (Lipinski definition) is 2. The monoisotopic (exact) mass is 334 g/mol. The van der Waals surface area contributed by atoms with Crippen molar-refractivity contribution in [3.8, 4) is 0 Å². The molecule has 2 aromatic carbocycles. The van der Waals surface area contributed by atoms with Crippen LogP contribution in [-0.4, -0.2) is 23.5 Å². The number of nitrogens with zero attached hydrogens (tertiary/aromatic N) is 1. The van der Waals surface area contributed by atoms with Gasteiger partial charge >= 0.3 is 0 Å². The maximum absolute atomic E-state index is 4.00. The molecule has 2 nitrogen and oxygen atoms in total. The molecule has 1 atom stereocenters. The second-order valence-corrected chi connectivity index (χ2v) is 8.18. The zero-order valence-electron chi connectivity index (χ0n) is 15.4. The van der Waals surface area contributed by atoms with Crippen molar-refractivity contribution in [2.75, 3.05) is 13.1 Å². The average Bonchev–Trinajstić information content (AvgIpc) is 2.67. The second kappa shape index (κ2) is 6.93. The van der Waals surface area contributed by atoms with Gasteiger partial charge in [-0.15, -0.1) is 0 Å². The predicted octanol–water partition coefficient (Wildman–Crippen LogP) is 4.71. The minimum absolute atomic E-state index is 0.0415. The quantitative estimate of drug-likeness (QED) is 0.874. The Labute approximate surface area is 152 Å². The van der Waals surface area contributed by atoms with Gasteiger partial charge in [0.1, 0.15) is 0 Å². The Kier molecular flexibility index (Phi) is 4.66. The fourth-order valence-electron chi connectivity index (χ4n) is 4.75. The molecular weight excluding hydrogens is 304 g/mol. The summed E-state index contributed by atoms with van der Waals surface area (Å²) in [5.74, 6) is 0. The maximum Gasteiger partial charge on any atom is 0.0561 e. The normalized spacial score (nSPS) is 26.6. The molecule has 0 amide bonds. The van der Waals surface area contributed by atoms with Crippen molar-refractivity contribution in [2.24, 2.45) is 0 Å². The maximum atomic E-state index is 4.00. The predicted molar refractivity (Wildman–Crippen MR) is 104 cm³/mol. The first-order chi connectivity index (χ1) is 12.2. The van der Waals surface area contributed by atoms with Gasteiger partial charge in [-0.25, -0.2) is 0 Å². The molecule has 2 aromatic rings. The molecule has 25 heavy (non-hydrogen) atoms. The van der Waals surface area contributed by atoms with E-state index in [1.807, 2.05) is 0 Å². The van der Waals surface area contributed by atoms with E-state index in [0.717, 1.165) is 19.6 Å². The average molecular weight is 335 g/mol. The summed E-state index contributed by atoms with van der Waals surface area (Å²) >= 11 is 0. The van der Waals surface area contributed by atoms with Crippen LogP contribution in [0, 0.1) is 0 Å². The Balaban J connectivity index is 1.65. The molecule has 0 aromatic heterocycles. The lowest BCUT2D eigenvalue weighted by atomic mass is 9.75. The van der Waals surface area contributed by atoms with Crippen molar-refractivity contribution in [2.45, 2.75) is 56.7 Å². The molecule has 1 aliphatic heterocycles. The molecule has 132 valence electrons. The van der Waals surface area contributed by atoms with E-state index in [0.29, 0.717) is 5.54 Å². The Morgan fingerprint density at radius 3 is 2.20 bits per heavy atom. The van der Waals surface area contributed by atoms with Crippen LogP contribution in [0.3, 0.4) is 0 Å². The van der Waals surface area contributed by atoms with E-state index in [4.69, 9.17) is 0 Å². The Bertz CT molecular complexity index is 676. The van der Waals surface area contributed by atoms with E-state index < -0.39 is 0 Å². The minimum atomic E-state index is 0.0415. The molecule has 2 aliphatic rings. The van der Waals surface area contributed by atoms with Gasteiger partial charge in [0.05, 0.1) is 5.54 Å². The van der Waals surface area contributed by atoms with Crippen LogP contribution in [0.25, 0.3) is 0 Å². The fourth-order valence-corrected chi connectivity index (χ4v) is 4.75. The van der Waals surface area contributed by atoms with Gasteiger partial charge in [-0.1, -0.05) is 79.9 Å². The molecule has 1 N–H and O–H groups in total.